The zero-order chi connectivity index (χ0) is 20.0. The topological polar surface area (TPSA) is 50.4 Å². The molecule has 0 saturated heterocycles. The molecule has 0 spiro atoms. The predicted molar refractivity (Wildman–Crippen MR) is 119 cm³/mol. The van der Waals surface area contributed by atoms with E-state index in [1.165, 1.54) is 44.9 Å². The number of amides is 2. The van der Waals surface area contributed by atoms with Gasteiger partial charge in [0.05, 0.1) is 6.61 Å². The highest BCUT2D eigenvalue weighted by molar-refractivity contribution is 6.30. The van der Waals surface area contributed by atoms with Crippen LogP contribution in [0, 0.1) is 0 Å². The average molecular weight is 403 g/mol. The SMILES string of the molecule is CCCCCCCCCCOc1ccc(NC(=O)Nc2ccc(Cl)cc2)cc1. The first-order valence-corrected chi connectivity index (χ1v) is 10.6. The fourth-order valence-corrected chi connectivity index (χ4v) is 3.01. The lowest BCUT2D eigenvalue weighted by Gasteiger charge is -2.09. The Morgan fingerprint density at radius 3 is 1.86 bits per heavy atom. The molecule has 0 aliphatic heterocycles. The highest BCUT2D eigenvalue weighted by atomic mass is 35.5. The first kappa shape index (κ1) is 22.1. The lowest BCUT2D eigenvalue weighted by atomic mass is 10.1. The number of hydrogen-bond acceptors (Lipinski definition) is 2. The lowest BCUT2D eigenvalue weighted by molar-refractivity contribution is 0.262. The summed E-state index contributed by atoms with van der Waals surface area (Å²) in [7, 11) is 0. The summed E-state index contributed by atoms with van der Waals surface area (Å²) in [5.74, 6) is 0.826. The second kappa shape index (κ2) is 13.1. The molecule has 0 aromatic heterocycles. The molecule has 0 bridgehead atoms. The second-order valence-electron chi connectivity index (χ2n) is 6.93. The number of unbranched alkanes of at least 4 members (excludes halogenated alkanes) is 7. The molecule has 0 aliphatic carbocycles. The zero-order valence-corrected chi connectivity index (χ0v) is 17.4. The van der Waals surface area contributed by atoms with Gasteiger partial charge in [0.15, 0.2) is 0 Å². The minimum absolute atomic E-state index is 0.296. The van der Waals surface area contributed by atoms with E-state index in [2.05, 4.69) is 17.6 Å². The Kier molecular flexibility index (Phi) is 10.3. The van der Waals surface area contributed by atoms with Gasteiger partial charge < -0.3 is 15.4 Å². The van der Waals surface area contributed by atoms with Crippen LogP contribution in [0.15, 0.2) is 48.5 Å². The molecular formula is C23H31ClN2O2. The van der Waals surface area contributed by atoms with Crippen LogP contribution >= 0.6 is 11.6 Å². The zero-order valence-electron chi connectivity index (χ0n) is 16.7. The number of urea groups is 1. The molecule has 0 aliphatic rings. The van der Waals surface area contributed by atoms with Crippen LogP contribution < -0.4 is 15.4 Å². The molecule has 28 heavy (non-hydrogen) atoms. The van der Waals surface area contributed by atoms with E-state index >= 15 is 0 Å². The number of benzene rings is 2. The van der Waals surface area contributed by atoms with E-state index in [0.29, 0.717) is 16.4 Å². The Bertz CT molecular complexity index is 687. The minimum Gasteiger partial charge on any atom is -0.494 e. The van der Waals surface area contributed by atoms with E-state index in [4.69, 9.17) is 16.3 Å². The van der Waals surface area contributed by atoms with Crippen LogP contribution in [0.4, 0.5) is 16.2 Å². The number of nitrogens with one attached hydrogen (secondary N) is 2. The van der Waals surface area contributed by atoms with E-state index in [1.54, 1.807) is 24.3 Å². The van der Waals surface area contributed by atoms with Gasteiger partial charge in [0, 0.05) is 16.4 Å². The van der Waals surface area contributed by atoms with Gasteiger partial charge >= 0.3 is 6.03 Å². The van der Waals surface area contributed by atoms with Gasteiger partial charge in [0.25, 0.3) is 0 Å². The van der Waals surface area contributed by atoms with Crippen molar-refractivity contribution >= 4 is 29.0 Å². The van der Waals surface area contributed by atoms with Crippen LogP contribution in [0.1, 0.15) is 58.3 Å². The second-order valence-corrected chi connectivity index (χ2v) is 7.37. The van der Waals surface area contributed by atoms with Crippen LogP contribution in [-0.4, -0.2) is 12.6 Å². The van der Waals surface area contributed by atoms with Gasteiger partial charge in [-0.15, -0.1) is 0 Å². The Morgan fingerprint density at radius 1 is 0.786 bits per heavy atom. The number of anilines is 2. The summed E-state index contributed by atoms with van der Waals surface area (Å²) < 4.78 is 5.78. The maximum Gasteiger partial charge on any atom is 0.323 e. The highest BCUT2D eigenvalue weighted by Gasteiger charge is 2.03. The Morgan fingerprint density at radius 2 is 1.29 bits per heavy atom. The predicted octanol–water partition coefficient (Wildman–Crippen LogP) is 7.50. The fourth-order valence-electron chi connectivity index (χ4n) is 2.89. The molecule has 2 amide bonds. The first-order valence-electron chi connectivity index (χ1n) is 10.2. The Hall–Kier alpha value is -2.20. The summed E-state index contributed by atoms with van der Waals surface area (Å²) in [6.07, 6.45) is 10.3. The maximum absolute atomic E-state index is 12.0. The van der Waals surface area contributed by atoms with Crippen molar-refractivity contribution in [1.82, 2.24) is 0 Å². The summed E-state index contributed by atoms with van der Waals surface area (Å²) in [4.78, 5) is 12.0. The van der Waals surface area contributed by atoms with Crippen molar-refractivity contribution in [2.75, 3.05) is 17.2 Å². The molecule has 152 valence electrons. The number of halogens is 1. The van der Waals surface area contributed by atoms with Crippen LogP contribution in [0.2, 0.25) is 5.02 Å². The van der Waals surface area contributed by atoms with Crippen LogP contribution in [-0.2, 0) is 0 Å². The average Bonchev–Trinajstić information content (AvgIpc) is 2.70. The number of carbonyl (C=O) groups excluding carboxylic acids is 1. The maximum atomic E-state index is 12.0. The van der Waals surface area contributed by atoms with Gasteiger partial charge in [-0.2, -0.15) is 0 Å². The van der Waals surface area contributed by atoms with E-state index in [0.717, 1.165) is 18.8 Å². The molecule has 2 aromatic carbocycles. The molecule has 5 heteroatoms. The summed E-state index contributed by atoms with van der Waals surface area (Å²) in [5, 5.41) is 6.19. The van der Waals surface area contributed by atoms with E-state index in [9.17, 15) is 4.79 Å². The molecule has 0 unspecified atom stereocenters. The molecule has 4 nitrogen and oxygen atoms in total. The third-order valence-corrected chi connectivity index (χ3v) is 4.73. The van der Waals surface area contributed by atoms with Gasteiger partial charge in [-0.05, 0) is 55.0 Å². The number of hydrogen-bond donors (Lipinski definition) is 2. The normalized spacial score (nSPS) is 10.5. The van der Waals surface area contributed by atoms with Gasteiger partial charge in [0.2, 0.25) is 0 Å². The molecule has 2 rings (SSSR count). The third-order valence-electron chi connectivity index (χ3n) is 4.48. The van der Waals surface area contributed by atoms with Crippen molar-refractivity contribution in [3.05, 3.63) is 53.6 Å². The number of rotatable bonds is 12. The molecule has 0 radical (unpaired) electrons. The van der Waals surface area contributed by atoms with Crippen LogP contribution in [0.25, 0.3) is 0 Å². The van der Waals surface area contributed by atoms with E-state index < -0.39 is 0 Å². The molecule has 0 fully saturated rings. The summed E-state index contributed by atoms with van der Waals surface area (Å²) in [6.45, 7) is 2.98. The van der Waals surface area contributed by atoms with Gasteiger partial charge in [-0.25, -0.2) is 4.79 Å². The van der Waals surface area contributed by atoms with Crippen LogP contribution in [0.3, 0.4) is 0 Å². The van der Waals surface area contributed by atoms with E-state index in [-0.39, 0.29) is 6.03 Å². The van der Waals surface area contributed by atoms with Crippen molar-refractivity contribution < 1.29 is 9.53 Å². The quantitative estimate of drug-likeness (QED) is 0.361. The molecule has 0 heterocycles. The molecular weight excluding hydrogens is 372 g/mol. The molecule has 0 atom stereocenters. The fraction of sp³-hybridized carbons (Fsp3) is 0.435. The molecule has 2 aromatic rings. The van der Waals surface area contributed by atoms with Crippen molar-refractivity contribution in [1.29, 1.82) is 0 Å². The van der Waals surface area contributed by atoms with Gasteiger partial charge in [0.1, 0.15) is 5.75 Å². The van der Waals surface area contributed by atoms with Gasteiger partial charge in [-0.3, -0.25) is 0 Å². The standard InChI is InChI=1S/C23H31ClN2O2/c1-2-3-4-5-6-7-8-9-18-28-22-16-14-21(15-17-22)26-23(27)25-20-12-10-19(24)11-13-20/h10-17H,2-9,18H2,1H3,(H2,25,26,27). The Labute approximate surface area is 173 Å². The number of ether oxygens (including phenoxy) is 1. The smallest absolute Gasteiger partial charge is 0.323 e. The largest absolute Gasteiger partial charge is 0.494 e. The first-order chi connectivity index (χ1) is 13.7. The number of carbonyl (C=O) groups is 1. The van der Waals surface area contributed by atoms with Crippen molar-refractivity contribution in [2.45, 2.75) is 58.3 Å². The Balaban J connectivity index is 1.60. The van der Waals surface area contributed by atoms with Crippen molar-refractivity contribution in [3.63, 3.8) is 0 Å². The monoisotopic (exact) mass is 402 g/mol. The van der Waals surface area contributed by atoms with Crippen molar-refractivity contribution in [3.8, 4) is 5.75 Å². The van der Waals surface area contributed by atoms with Gasteiger partial charge in [-0.1, -0.05) is 63.5 Å². The molecule has 0 saturated carbocycles. The van der Waals surface area contributed by atoms with Crippen LogP contribution in [0.5, 0.6) is 5.75 Å². The highest BCUT2D eigenvalue weighted by Crippen LogP contribution is 2.18. The minimum atomic E-state index is -0.296. The molecule has 2 N–H and O–H groups in total. The third kappa shape index (κ3) is 9.14. The summed E-state index contributed by atoms with van der Waals surface area (Å²) in [6, 6.07) is 14.1. The van der Waals surface area contributed by atoms with Crippen molar-refractivity contribution in [2.24, 2.45) is 0 Å². The van der Waals surface area contributed by atoms with E-state index in [1.807, 2.05) is 24.3 Å². The summed E-state index contributed by atoms with van der Waals surface area (Å²) in [5.41, 5.74) is 1.40. The summed E-state index contributed by atoms with van der Waals surface area (Å²) >= 11 is 5.84. The lowest BCUT2D eigenvalue weighted by Crippen LogP contribution is -2.19.